The van der Waals surface area contributed by atoms with Gasteiger partial charge in [0.25, 0.3) is 0 Å². The molecule has 1 saturated heterocycles. The summed E-state index contributed by atoms with van der Waals surface area (Å²) in [5, 5.41) is 9.77. The summed E-state index contributed by atoms with van der Waals surface area (Å²) in [6.07, 6.45) is 1.24. The Morgan fingerprint density at radius 2 is 2.12 bits per heavy atom. The zero-order valence-electron chi connectivity index (χ0n) is 9.00. The van der Waals surface area contributed by atoms with Gasteiger partial charge in [0.1, 0.15) is 0 Å². The fraction of sp³-hybridized carbons (Fsp3) is 0.889. The number of hydrogen-bond acceptors (Lipinski definition) is 4. The Labute approximate surface area is 97.2 Å². The maximum absolute atomic E-state index is 10.6. The molecule has 0 aromatic rings. The van der Waals surface area contributed by atoms with E-state index in [1.165, 1.54) is 4.31 Å². The Hall–Kier alpha value is -0.500. The van der Waals surface area contributed by atoms with Crippen molar-refractivity contribution in [1.82, 2.24) is 4.31 Å². The highest BCUT2D eigenvalue weighted by molar-refractivity contribution is 7.76. The number of carbonyl (C=O) groups is 1. The molecule has 0 aromatic heterocycles. The monoisotopic (exact) mass is 249 g/mol. The Bertz CT molecular complexity index is 266. The number of nitrogens with two attached hydrogens (primary N) is 1. The van der Waals surface area contributed by atoms with Crippen LogP contribution in [-0.4, -0.2) is 43.3 Å². The van der Waals surface area contributed by atoms with Crippen LogP contribution < -0.4 is 5.73 Å². The number of amides is 1. The standard InChI is InChI=1S/C9H18N2O4S/c10-9(13)2-1-8(12)7-3-5-11(6-4-7)16(14)15/h7-8,12H,1-6H2,(H2,10,13)(H,14,15)/p-1. The molecule has 0 spiro atoms. The molecule has 1 aliphatic rings. The smallest absolute Gasteiger partial charge is 0.217 e. The van der Waals surface area contributed by atoms with Crippen LogP contribution in [0.5, 0.6) is 0 Å². The molecule has 2 unspecified atom stereocenters. The fourth-order valence-electron chi connectivity index (χ4n) is 1.94. The number of carbonyl (C=O) groups excluding carboxylic acids is 1. The Morgan fingerprint density at radius 3 is 2.56 bits per heavy atom. The van der Waals surface area contributed by atoms with Crippen molar-refractivity contribution >= 4 is 17.2 Å². The van der Waals surface area contributed by atoms with E-state index in [4.69, 9.17) is 5.73 Å². The second-order valence-electron chi connectivity index (χ2n) is 4.06. The Morgan fingerprint density at radius 1 is 1.56 bits per heavy atom. The van der Waals surface area contributed by atoms with Crippen molar-refractivity contribution in [3.63, 3.8) is 0 Å². The number of aliphatic hydroxyl groups excluding tert-OH is 1. The first kappa shape index (κ1) is 13.6. The van der Waals surface area contributed by atoms with Crippen molar-refractivity contribution in [2.75, 3.05) is 13.1 Å². The molecular formula is C9H17N2O4S-. The number of primary amides is 1. The van der Waals surface area contributed by atoms with E-state index in [0.29, 0.717) is 32.4 Å². The lowest BCUT2D eigenvalue weighted by atomic mass is 9.90. The van der Waals surface area contributed by atoms with Gasteiger partial charge < -0.3 is 15.4 Å². The quantitative estimate of drug-likeness (QED) is 0.617. The highest BCUT2D eigenvalue weighted by Gasteiger charge is 2.25. The summed E-state index contributed by atoms with van der Waals surface area (Å²) in [7, 11) is 0. The van der Waals surface area contributed by atoms with Crippen LogP contribution in [0.3, 0.4) is 0 Å². The van der Waals surface area contributed by atoms with Crippen molar-refractivity contribution in [3.05, 3.63) is 0 Å². The molecule has 1 aliphatic heterocycles. The first-order valence-electron chi connectivity index (χ1n) is 5.31. The third-order valence-electron chi connectivity index (χ3n) is 2.94. The van der Waals surface area contributed by atoms with Gasteiger partial charge in [0.15, 0.2) is 0 Å². The molecule has 16 heavy (non-hydrogen) atoms. The van der Waals surface area contributed by atoms with Crippen LogP contribution in [0.1, 0.15) is 25.7 Å². The second kappa shape index (κ2) is 6.29. The van der Waals surface area contributed by atoms with E-state index < -0.39 is 23.3 Å². The van der Waals surface area contributed by atoms with Gasteiger partial charge in [0.05, 0.1) is 6.10 Å². The van der Waals surface area contributed by atoms with Gasteiger partial charge in [-0.25, -0.2) is 4.31 Å². The highest BCUT2D eigenvalue weighted by Crippen LogP contribution is 2.23. The van der Waals surface area contributed by atoms with Gasteiger partial charge >= 0.3 is 0 Å². The molecule has 1 rings (SSSR count). The minimum absolute atomic E-state index is 0.0687. The number of nitrogens with zero attached hydrogens (tertiary/aromatic N) is 1. The molecule has 94 valence electrons. The molecule has 1 heterocycles. The second-order valence-corrected chi connectivity index (χ2v) is 5.01. The largest absolute Gasteiger partial charge is 0.760 e. The summed E-state index contributed by atoms with van der Waals surface area (Å²) in [6, 6.07) is 0. The van der Waals surface area contributed by atoms with E-state index >= 15 is 0 Å². The van der Waals surface area contributed by atoms with Crippen LogP contribution in [0, 0.1) is 5.92 Å². The zero-order chi connectivity index (χ0) is 12.1. The van der Waals surface area contributed by atoms with Crippen LogP contribution in [0.2, 0.25) is 0 Å². The van der Waals surface area contributed by atoms with Gasteiger partial charge in [-0.2, -0.15) is 0 Å². The maximum atomic E-state index is 10.6. The highest BCUT2D eigenvalue weighted by atomic mass is 32.2. The van der Waals surface area contributed by atoms with Gasteiger partial charge in [-0.3, -0.25) is 9.00 Å². The van der Waals surface area contributed by atoms with Crippen LogP contribution in [0.4, 0.5) is 0 Å². The molecule has 1 amide bonds. The predicted molar refractivity (Wildman–Crippen MR) is 57.7 cm³/mol. The zero-order valence-corrected chi connectivity index (χ0v) is 9.82. The minimum atomic E-state index is -2.16. The predicted octanol–water partition coefficient (Wildman–Crippen LogP) is -0.881. The number of piperidine rings is 1. The van der Waals surface area contributed by atoms with E-state index in [1.807, 2.05) is 0 Å². The molecule has 0 saturated carbocycles. The molecule has 0 radical (unpaired) electrons. The van der Waals surface area contributed by atoms with Crippen LogP contribution in [-0.2, 0) is 16.1 Å². The Balaban J connectivity index is 2.30. The summed E-state index contributed by atoms with van der Waals surface area (Å²) in [6.45, 7) is 0.878. The summed E-state index contributed by atoms with van der Waals surface area (Å²) in [5.41, 5.74) is 4.99. The van der Waals surface area contributed by atoms with Crippen molar-refractivity contribution in [1.29, 1.82) is 0 Å². The number of hydrogen-bond donors (Lipinski definition) is 2. The number of rotatable bonds is 5. The summed E-state index contributed by atoms with van der Waals surface area (Å²) in [4.78, 5) is 10.5. The first-order valence-corrected chi connectivity index (χ1v) is 6.34. The van der Waals surface area contributed by atoms with Crippen LogP contribution in [0.15, 0.2) is 0 Å². The van der Waals surface area contributed by atoms with Gasteiger partial charge in [-0.15, -0.1) is 0 Å². The van der Waals surface area contributed by atoms with E-state index in [-0.39, 0.29) is 12.3 Å². The van der Waals surface area contributed by atoms with Crippen molar-refractivity contribution in [3.8, 4) is 0 Å². The lowest BCUT2D eigenvalue weighted by Gasteiger charge is -2.34. The van der Waals surface area contributed by atoms with Crippen molar-refractivity contribution in [2.24, 2.45) is 11.7 Å². The van der Waals surface area contributed by atoms with E-state index in [9.17, 15) is 18.7 Å². The topological polar surface area (TPSA) is 107 Å². The van der Waals surface area contributed by atoms with Gasteiger partial charge in [0.2, 0.25) is 5.91 Å². The first-order chi connectivity index (χ1) is 7.50. The van der Waals surface area contributed by atoms with E-state index in [0.717, 1.165) is 0 Å². The molecule has 0 aliphatic carbocycles. The van der Waals surface area contributed by atoms with E-state index in [1.54, 1.807) is 0 Å². The minimum Gasteiger partial charge on any atom is -0.760 e. The van der Waals surface area contributed by atoms with Crippen LogP contribution in [0.25, 0.3) is 0 Å². The fourth-order valence-corrected chi connectivity index (χ4v) is 2.44. The molecule has 0 aromatic carbocycles. The number of aliphatic hydroxyl groups is 1. The summed E-state index contributed by atoms with van der Waals surface area (Å²) < 4.78 is 22.6. The third-order valence-corrected chi connectivity index (χ3v) is 3.73. The molecule has 3 N–H and O–H groups in total. The Kier molecular flexibility index (Phi) is 5.33. The molecule has 1 fully saturated rings. The summed E-state index contributed by atoms with van der Waals surface area (Å²) >= 11 is -2.16. The molecule has 7 heteroatoms. The molecule has 2 atom stereocenters. The third kappa shape index (κ3) is 4.17. The SMILES string of the molecule is NC(=O)CCC(O)C1CCN(S(=O)[O-])CC1. The molecular weight excluding hydrogens is 232 g/mol. The molecule has 0 bridgehead atoms. The maximum Gasteiger partial charge on any atom is 0.217 e. The summed E-state index contributed by atoms with van der Waals surface area (Å²) in [5.74, 6) is -0.351. The van der Waals surface area contributed by atoms with E-state index in [2.05, 4.69) is 0 Å². The van der Waals surface area contributed by atoms with Crippen molar-refractivity contribution < 1.29 is 18.7 Å². The van der Waals surface area contributed by atoms with Gasteiger partial charge in [0, 0.05) is 30.8 Å². The van der Waals surface area contributed by atoms with Crippen LogP contribution >= 0.6 is 0 Å². The normalized spacial score (nSPS) is 22.9. The molecule has 6 nitrogen and oxygen atoms in total. The average molecular weight is 249 g/mol. The van der Waals surface area contributed by atoms with Crippen molar-refractivity contribution in [2.45, 2.75) is 31.8 Å². The van der Waals surface area contributed by atoms with Gasteiger partial charge in [-0.05, 0) is 25.2 Å². The lowest BCUT2D eigenvalue weighted by Crippen LogP contribution is -2.38. The average Bonchev–Trinajstić information content (AvgIpc) is 2.26. The lowest BCUT2D eigenvalue weighted by molar-refractivity contribution is -0.118. The van der Waals surface area contributed by atoms with Gasteiger partial charge in [-0.1, -0.05) is 0 Å².